The van der Waals surface area contributed by atoms with Crippen LogP contribution >= 0.6 is 11.6 Å². The Labute approximate surface area is 202 Å². The SMILES string of the molecule is COC(NCC(C)C(=O)N(Cc1cc(Cl)c2c(c1)OCCCO2)CC(C)C)c1ccccc1. The van der Waals surface area contributed by atoms with Gasteiger partial charge in [0.05, 0.1) is 18.2 Å². The molecule has 2 aromatic rings. The first-order chi connectivity index (χ1) is 15.9. The highest BCUT2D eigenvalue weighted by Crippen LogP contribution is 2.38. The van der Waals surface area contributed by atoms with Gasteiger partial charge in [-0.05, 0) is 29.2 Å². The molecule has 1 heterocycles. The summed E-state index contributed by atoms with van der Waals surface area (Å²) in [5, 5.41) is 3.88. The lowest BCUT2D eigenvalue weighted by Crippen LogP contribution is -2.41. The largest absolute Gasteiger partial charge is 0.489 e. The zero-order valence-electron chi connectivity index (χ0n) is 20.0. The summed E-state index contributed by atoms with van der Waals surface area (Å²) in [4.78, 5) is 15.3. The summed E-state index contributed by atoms with van der Waals surface area (Å²) in [6, 6.07) is 13.7. The van der Waals surface area contributed by atoms with E-state index >= 15 is 0 Å². The maximum Gasteiger partial charge on any atom is 0.226 e. The standard InChI is InChI=1S/C26H35ClN2O4/c1-18(2)16-29(17-20-13-22(27)24-23(14-20)32-11-8-12-33-24)26(30)19(3)15-28-25(31-4)21-9-6-5-7-10-21/h5-7,9-10,13-14,18-19,25,28H,8,11-12,15-17H2,1-4H3. The highest BCUT2D eigenvalue weighted by atomic mass is 35.5. The fourth-order valence-electron chi connectivity index (χ4n) is 3.92. The van der Waals surface area contributed by atoms with Crippen molar-refractivity contribution in [1.29, 1.82) is 0 Å². The maximum absolute atomic E-state index is 13.4. The molecule has 0 bridgehead atoms. The first kappa shape index (κ1) is 25.3. The quantitative estimate of drug-likeness (QED) is 0.488. The molecule has 6 nitrogen and oxygen atoms in total. The maximum atomic E-state index is 13.4. The second kappa shape index (κ2) is 12.3. The van der Waals surface area contributed by atoms with E-state index in [1.165, 1.54) is 0 Å². The average Bonchev–Trinajstić information content (AvgIpc) is 3.05. The van der Waals surface area contributed by atoms with E-state index in [0.717, 1.165) is 17.5 Å². The van der Waals surface area contributed by atoms with Gasteiger partial charge >= 0.3 is 0 Å². The summed E-state index contributed by atoms with van der Waals surface area (Å²) in [6.45, 7) is 8.96. The van der Waals surface area contributed by atoms with E-state index in [1.807, 2.05) is 54.3 Å². The Balaban J connectivity index is 1.69. The van der Waals surface area contributed by atoms with Crippen LogP contribution in [0.5, 0.6) is 11.5 Å². The molecule has 0 saturated heterocycles. The zero-order valence-corrected chi connectivity index (χ0v) is 20.7. The molecule has 1 aliphatic rings. The first-order valence-electron chi connectivity index (χ1n) is 11.6. The summed E-state index contributed by atoms with van der Waals surface area (Å²) in [6.07, 6.45) is 0.550. The third kappa shape index (κ3) is 7.10. The molecule has 180 valence electrons. The Hall–Kier alpha value is -2.28. The van der Waals surface area contributed by atoms with Crippen molar-refractivity contribution in [3.8, 4) is 11.5 Å². The van der Waals surface area contributed by atoms with Gasteiger partial charge in [0.2, 0.25) is 5.91 Å². The molecule has 0 spiro atoms. The van der Waals surface area contributed by atoms with Crippen molar-refractivity contribution in [2.75, 3.05) is 33.4 Å². The number of carbonyl (C=O) groups excluding carboxylic acids is 1. The van der Waals surface area contributed by atoms with Crippen LogP contribution in [0.4, 0.5) is 0 Å². The predicted molar refractivity (Wildman–Crippen MR) is 131 cm³/mol. The molecule has 0 radical (unpaired) electrons. The molecule has 3 rings (SSSR count). The summed E-state index contributed by atoms with van der Waals surface area (Å²) < 4.78 is 17.1. The normalized spacial score (nSPS) is 15.1. The Bertz CT molecular complexity index is 907. The monoisotopic (exact) mass is 474 g/mol. The van der Waals surface area contributed by atoms with Crippen LogP contribution in [0.3, 0.4) is 0 Å². The number of amides is 1. The number of hydrogen-bond acceptors (Lipinski definition) is 5. The van der Waals surface area contributed by atoms with Crippen LogP contribution in [-0.4, -0.2) is 44.2 Å². The Kier molecular flexibility index (Phi) is 9.41. The number of halogens is 1. The number of carbonyl (C=O) groups is 1. The Morgan fingerprint density at radius 2 is 1.88 bits per heavy atom. The molecule has 0 fully saturated rings. The van der Waals surface area contributed by atoms with Crippen molar-refractivity contribution in [1.82, 2.24) is 10.2 Å². The molecule has 2 aromatic carbocycles. The minimum atomic E-state index is -0.263. The summed E-state index contributed by atoms with van der Waals surface area (Å²) in [7, 11) is 1.66. The molecule has 0 aromatic heterocycles. The minimum Gasteiger partial charge on any atom is -0.489 e. The van der Waals surface area contributed by atoms with Crippen LogP contribution in [0.1, 0.15) is 44.5 Å². The molecular formula is C26H35ClN2O4. The number of nitrogens with one attached hydrogen (secondary N) is 1. The molecule has 7 heteroatoms. The predicted octanol–water partition coefficient (Wildman–Crippen LogP) is 5.06. The Morgan fingerprint density at radius 3 is 2.58 bits per heavy atom. The van der Waals surface area contributed by atoms with Crippen molar-refractivity contribution in [3.63, 3.8) is 0 Å². The number of fused-ring (bicyclic) bond motifs is 1. The van der Waals surface area contributed by atoms with Crippen molar-refractivity contribution in [2.24, 2.45) is 11.8 Å². The van der Waals surface area contributed by atoms with Crippen LogP contribution in [0.15, 0.2) is 42.5 Å². The van der Waals surface area contributed by atoms with E-state index < -0.39 is 0 Å². The van der Waals surface area contributed by atoms with Gasteiger partial charge < -0.3 is 19.1 Å². The van der Waals surface area contributed by atoms with Gasteiger partial charge in [0.15, 0.2) is 11.5 Å². The van der Waals surface area contributed by atoms with Crippen molar-refractivity contribution in [3.05, 3.63) is 58.6 Å². The van der Waals surface area contributed by atoms with Gasteiger partial charge in [0.1, 0.15) is 6.23 Å². The number of benzene rings is 2. The average molecular weight is 475 g/mol. The number of hydrogen-bond donors (Lipinski definition) is 1. The van der Waals surface area contributed by atoms with Gasteiger partial charge in [0.25, 0.3) is 0 Å². The van der Waals surface area contributed by atoms with E-state index in [9.17, 15) is 4.79 Å². The van der Waals surface area contributed by atoms with Gasteiger partial charge in [0, 0.05) is 39.1 Å². The molecule has 1 N–H and O–H groups in total. The summed E-state index contributed by atoms with van der Waals surface area (Å²) >= 11 is 6.48. The highest BCUT2D eigenvalue weighted by molar-refractivity contribution is 6.32. The van der Waals surface area contributed by atoms with Crippen molar-refractivity contribution in [2.45, 2.75) is 40.0 Å². The van der Waals surface area contributed by atoms with Gasteiger partial charge in [-0.15, -0.1) is 0 Å². The minimum absolute atomic E-state index is 0.0855. The summed E-state index contributed by atoms with van der Waals surface area (Å²) in [5.41, 5.74) is 1.96. The number of ether oxygens (including phenoxy) is 3. The molecule has 33 heavy (non-hydrogen) atoms. The van der Waals surface area contributed by atoms with Gasteiger partial charge in [-0.1, -0.05) is 62.7 Å². The smallest absolute Gasteiger partial charge is 0.226 e. The Morgan fingerprint density at radius 1 is 1.15 bits per heavy atom. The van der Waals surface area contributed by atoms with Gasteiger partial charge in [-0.3, -0.25) is 10.1 Å². The van der Waals surface area contributed by atoms with E-state index in [-0.39, 0.29) is 18.1 Å². The van der Waals surface area contributed by atoms with Crippen molar-refractivity contribution >= 4 is 17.5 Å². The number of rotatable bonds is 10. The second-order valence-electron chi connectivity index (χ2n) is 8.90. The molecule has 1 aliphatic heterocycles. The van der Waals surface area contributed by atoms with E-state index in [4.69, 9.17) is 25.8 Å². The highest BCUT2D eigenvalue weighted by Gasteiger charge is 2.24. The zero-order chi connectivity index (χ0) is 23.8. The third-order valence-corrected chi connectivity index (χ3v) is 5.78. The number of nitrogens with zero attached hydrogens (tertiary/aromatic N) is 1. The van der Waals surface area contributed by atoms with Crippen LogP contribution in [0.2, 0.25) is 5.02 Å². The van der Waals surface area contributed by atoms with Gasteiger partial charge in [-0.2, -0.15) is 0 Å². The van der Waals surface area contributed by atoms with E-state index in [0.29, 0.717) is 55.3 Å². The van der Waals surface area contributed by atoms with E-state index in [1.54, 1.807) is 7.11 Å². The van der Waals surface area contributed by atoms with E-state index in [2.05, 4.69) is 19.2 Å². The third-order valence-electron chi connectivity index (χ3n) is 5.50. The second-order valence-corrected chi connectivity index (χ2v) is 9.31. The molecule has 2 unspecified atom stereocenters. The fourth-order valence-corrected chi connectivity index (χ4v) is 4.20. The molecule has 0 saturated carbocycles. The lowest BCUT2D eigenvalue weighted by molar-refractivity contribution is -0.136. The van der Waals surface area contributed by atoms with Crippen LogP contribution < -0.4 is 14.8 Å². The van der Waals surface area contributed by atoms with Gasteiger partial charge in [-0.25, -0.2) is 0 Å². The number of methoxy groups -OCH3 is 1. The first-order valence-corrected chi connectivity index (χ1v) is 11.9. The van der Waals surface area contributed by atoms with Crippen LogP contribution in [0, 0.1) is 11.8 Å². The topological polar surface area (TPSA) is 60.0 Å². The molecule has 0 aliphatic carbocycles. The van der Waals surface area contributed by atoms with Crippen LogP contribution in [0.25, 0.3) is 0 Å². The molecular weight excluding hydrogens is 440 g/mol. The lowest BCUT2D eigenvalue weighted by Gasteiger charge is -2.29. The fraction of sp³-hybridized carbons (Fsp3) is 0.500. The molecule has 1 amide bonds. The summed E-state index contributed by atoms with van der Waals surface area (Å²) in [5.74, 6) is 1.43. The van der Waals surface area contributed by atoms with Crippen LogP contribution in [-0.2, 0) is 16.1 Å². The lowest BCUT2D eigenvalue weighted by atomic mass is 10.1. The van der Waals surface area contributed by atoms with Crippen molar-refractivity contribution < 1.29 is 19.0 Å². The molecule has 2 atom stereocenters.